The van der Waals surface area contributed by atoms with Gasteiger partial charge in [0.2, 0.25) is 0 Å². The van der Waals surface area contributed by atoms with Gasteiger partial charge in [-0.25, -0.2) is 0 Å². The van der Waals surface area contributed by atoms with Gasteiger partial charge < -0.3 is 15.2 Å². The van der Waals surface area contributed by atoms with Gasteiger partial charge >= 0.3 is 0 Å². The number of fused-ring (bicyclic) bond motifs is 5. The van der Waals surface area contributed by atoms with Crippen molar-refractivity contribution in [3.8, 4) is 5.69 Å². The highest BCUT2D eigenvalue weighted by atomic mass is 15.5. The third kappa shape index (κ3) is 4.83. The maximum atomic E-state index is 3.80. The molecule has 0 saturated carbocycles. The third-order valence-electron chi connectivity index (χ3n) is 8.81. The summed E-state index contributed by atoms with van der Waals surface area (Å²) in [5.74, 6) is 0. The molecule has 5 heteroatoms. The molecule has 2 aliphatic carbocycles. The van der Waals surface area contributed by atoms with Crippen LogP contribution >= 0.6 is 0 Å². The molecule has 1 unspecified atom stereocenters. The molecule has 0 fully saturated rings. The van der Waals surface area contributed by atoms with Gasteiger partial charge in [-0.3, -0.25) is 10.4 Å². The van der Waals surface area contributed by atoms with Crippen molar-refractivity contribution in [2.75, 3.05) is 18.4 Å². The lowest BCUT2D eigenvalue weighted by atomic mass is 9.95. The van der Waals surface area contributed by atoms with E-state index in [0.717, 1.165) is 43.7 Å². The molecule has 4 aliphatic rings. The van der Waals surface area contributed by atoms with Crippen LogP contribution in [-0.4, -0.2) is 28.7 Å². The van der Waals surface area contributed by atoms with Crippen molar-refractivity contribution in [1.82, 2.24) is 20.3 Å². The molecule has 1 atom stereocenters. The van der Waals surface area contributed by atoms with Gasteiger partial charge in [-0.15, -0.1) is 0 Å². The Morgan fingerprint density at radius 1 is 0.886 bits per heavy atom. The first-order chi connectivity index (χ1) is 21.8. The third-order valence-corrected chi connectivity index (χ3v) is 8.81. The van der Waals surface area contributed by atoms with Gasteiger partial charge in [-0.2, -0.15) is 0 Å². The Bertz CT molecular complexity index is 1890. The first-order valence-corrected chi connectivity index (χ1v) is 16.1. The molecule has 0 amide bonds. The van der Waals surface area contributed by atoms with Crippen LogP contribution in [0.4, 0.5) is 5.69 Å². The standard InChI is InChI=1S/C37H35N5.C2H6/c1-25-24-39-35(27-11-3-2-4-12-27)37(42(25)40-29-13-6-7-14-29)28-17-20-30(21-18-28)41-32-22-19-26-10-5-8-15-31(26)34(32)36-33(41)16-9-23-38-36;1-2/h2-3,5-6,8-11,13-22,25,38-40H,4,7,12,23-24H2,1H3;1-2H3. The average molecular weight is 580 g/mol. The number of aromatic nitrogens is 1. The second-order valence-corrected chi connectivity index (χ2v) is 11.5. The summed E-state index contributed by atoms with van der Waals surface area (Å²) in [5, 5.41) is 13.7. The zero-order valence-corrected chi connectivity index (χ0v) is 25.9. The van der Waals surface area contributed by atoms with Gasteiger partial charge in [-0.1, -0.05) is 92.8 Å². The van der Waals surface area contributed by atoms with Crippen LogP contribution in [0.1, 0.15) is 51.3 Å². The number of hydrogen-bond donors (Lipinski definition) is 3. The lowest BCUT2D eigenvalue weighted by Crippen LogP contribution is -2.51. The molecule has 2 aliphatic heterocycles. The monoisotopic (exact) mass is 579 g/mol. The fraction of sp³-hybridized carbons (Fsp3) is 0.231. The highest BCUT2D eigenvalue weighted by Crippen LogP contribution is 2.41. The minimum atomic E-state index is 0.281. The van der Waals surface area contributed by atoms with E-state index in [-0.39, 0.29) is 6.04 Å². The van der Waals surface area contributed by atoms with E-state index >= 15 is 0 Å². The Hall–Kier alpha value is -4.90. The lowest BCUT2D eigenvalue weighted by Gasteiger charge is -2.41. The Balaban J connectivity index is 0.00000153. The van der Waals surface area contributed by atoms with Crippen LogP contribution in [0.2, 0.25) is 0 Å². The van der Waals surface area contributed by atoms with Crippen LogP contribution in [0.5, 0.6) is 0 Å². The topological polar surface area (TPSA) is 44.3 Å². The molecule has 0 spiro atoms. The molecule has 3 N–H and O–H groups in total. The number of nitrogens with zero attached hydrogens (tertiary/aromatic N) is 2. The van der Waals surface area contributed by atoms with Crippen molar-refractivity contribution in [2.24, 2.45) is 0 Å². The Labute approximate surface area is 260 Å². The van der Waals surface area contributed by atoms with Crippen molar-refractivity contribution < 1.29 is 0 Å². The maximum Gasteiger partial charge on any atom is 0.0882 e. The van der Waals surface area contributed by atoms with Gasteiger partial charge in [0.15, 0.2) is 0 Å². The molecule has 1 aromatic heterocycles. The molecule has 0 bridgehead atoms. The van der Waals surface area contributed by atoms with E-state index in [4.69, 9.17) is 0 Å². The molecular weight excluding hydrogens is 538 g/mol. The fourth-order valence-corrected chi connectivity index (χ4v) is 6.77. The summed E-state index contributed by atoms with van der Waals surface area (Å²) in [6.45, 7) is 8.01. The summed E-state index contributed by atoms with van der Waals surface area (Å²) in [4.78, 5) is 0. The predicted octanol–water partition coefficient (Wildman–Crippen LogP) is 8.84. The van der Waals surface area contributed by atoms with E-state index in [1.807, 2.05) is 13.8 Å². The highest BCUT2D eigenvalue weighted by molar-refractivity contribution is 6.15. The summed E-state index contributed by atoms with van der Waals surface area (Å²) in [7, 11) is 0. The first kappa shape index (κ1) is 27.9. The summed E-state index contributed by atoms with van der Waals surface area (Å²) in [6, 6.07) is 22.6. The lowest BCUT2D eigenvalue weighted by molar-refractivity contribution is 0.235. The fourth-order valence-electron chi connectivity index (χ4n) is 6.77. The van der Waals surface area contributed by atoms with Crippen molar-refractivity contribution in [1.29, 1.82) is 0 Å². The highest BCUT2D eigenvalue weighted by Gasteiger charge is 2.29. The number of nitrogens with one attached hydrogen (secondary N) is 3. The van der Waals surface area contributed by atoms with Crippen LogP contribution in [0.25, 0.3) is 39.1 Å². The molecule has 222 valence electrons. The molecule has 44 heavy (non-hydrogen) atoms. The Morgan fingerprint density at radius 3 is 2.55 bits per heavy atom. The molecule has 8 rings (SSSR count). The molecule has 5 nitrogen and oxygen atoms in total. The predicted molar refractivity (Wildman–Crippen MR) is 187 cm³/mol. The van der Waals surface area contributed by atoms with Gasteiger partial charge in [-0.05, 0) is 72.9 Å². The number of allylic oxidation sites excluding steroid dienone is 7. The van der Waals surface area contributed by atoms with Crippen molar-refractivity contribution in [2.45, 2.75) is 46.1 Å². The largest absolute Gasteiger partial charge is 0.381 e. The molecule has 3 aromatic carbocycles. The molecule has 3 heterocycles. The first-order valence-electron chi connectivity index (χ1n) is 16.1. The summed E-state index contributed by atoms with van der Waals surface area (Å²) >= 11 is 0. The average Bonchev–Trinajstić information content (AvgIpc) is 3.73. The zero-order chi connectivity index (χ0) is 30.0. The van der Waals surface area contributed by atoms with E-state index in [1.54, 1.807) is 0 Å². The van der Waals surface area contributed by atoms with Crippen molar-refractivity contribution >= 4 is 39.1 Å². The maximum absolute atomic E-state index is 3.80. The second kappa shape index (κ2) is 12.0. The zero-order valence-electron chi connectivity index (χ0n) is 25.9. The van der Waals surface area contributed by atoms with Crippen LogP contribution in [0.3, 0.4) is 0 Å². The minimum absolute atomic E-state index is 0.281. The van der Waals surface area contributed by atoms with Gasteiger partial charge in [0.25, 0.3) is 0 Å². The normalized spacial score (nSPS) is 18.8. The van der Waals surface area contributed by atoms with Gasteiger partial charge in [0, 0.05) is 29.7 Å². The number of hydrazine groups is 1. The smallest absolute Gasteiger partial charge is 0.0882 e. The van der Waals surface area contributed by atoms with Crippen LogP contribution in [0, 0.1) is 0 Å². The van der Waals surface area contributed by atoms with Crippen LogP contribution < -0.4 is 16.1 Å². The number of anilines is 1. The summed E-state index contributed by atoms with van der Waals surface area (Å²) < 4.78 is 2.40. The second-order valence-electron chi connectivity index (χ2n) is 11.5. The summed E-state index contributed by atoms with van der Waals surface area (Å²) in [6.07, 6.45) is 20.9. The number of benzene rings is 3. The number of rotatable bonds is 5. The van der Waals surface area contributed by atoms with E-state index in [9.17, 15) is 0 Å². The molecule has 4 aromatic rings. The molecular formula is C39H41N5. The number of hydrogen-bond acceptors (Lipinski definition) is 4. The van der Waals surface area contributed by atoms with E-state index < -0.39 is 0 Å². The quantitative estimate of drug-likeness (QED) is 0.221. The SMILES string of the molecule is CC.CC1CNC(C2=CC=CCC2)=C(c2ccc(-n3c4c(c5c6ccccc6ccc53)NCC=C4)cc2)N1NC1=CCC=C1. The Morgan fingerprint density at radius 2 is 1.75 bits per heavy atom. The van der Waals surface area contributed by atoms with E-state index in [1.165, 1.54) is 55.6 Å². The molecule has 0 saturated heterocycles. The van der Waals surface area contributed by atoms with Gasteiger partial charge in [0.1, 0.15) is 0 Å². The van der Waals surface area contributed by atoms with Crippen LogP contribution in [-0.2, 0) is 0 Å². The van der Waals surface area contributed by atoms with E-state index in [2.05, 4.69) is 142 Å². The van der Waals surface area contributed by atoms with Gasteiger partial charge in [0.05, 0.1) is 40.0 Å². The van der Waals surface area contributed by atoms with Crippen molar-refractivity contribution in [3.63, 3.8) is 0 Å². The van der Waals surface area contributed by atoms with E-state index in [0.29, 0.717) is 0 Å². The van der Waals surface area contributed by atoms with Crippen LogP contribution in [0.15, 0.2) is 120 Å². The summed E-state index contributed by atoms with van der Waals surface area (Å²) in [5.41, 5.74) is 14.7. The Kier molecular flexibility index (Phi) is 7.61. The molecule has 0 radical (unpaired) electrons. The minimum Gasteiger partial charge on any atom is -0.381 e. The van der Waals surface area contributed by atoms with Crippen molar-refractivity contribution in [3.05, 3.63) is 131 Å².